The Morgan fingerprint density at radius 2 is 1.81 bits per heavy atom. The summed E-state index contributed by atoms with van der Waals surface area (Å²) in [4.78, 5) is 11.1. The number of carbonyl (C=O) groups is 1. The topological polar surface area (TPSA) is 42.2 Å². The predicted octanol–water partition coefficient (Wildman–Crippen LogP) is 4.00. The normalized spacial score (nSPS) is 11.0. The van der Waals surface area contributed by atoms with Crippen molar-refractivity contribution < 1.29 is 9.90 Å². The number of fused-ring (bicyclic) bond motifs is 1. The molecule has 106 valence electrons. The lowest BCUT2D eigenvalue weighted by atomic mass is 10.0. The molecule has 0 aliphatic heterocycles. The molecule has 1 N–H and O–H groups in total. The van der Waals surface area contributed by atoms with Gasteiger partial charge in [0.15, 0.2) is 0 Å². The molecule has 0 spiro atoms. The van der Waals surface area contributed by atoms with Gasteiger partial charge in [0.1, 0.15) is 0 Å². The Hall–Kier alpha value is -2.55. The van der Waals surface area contributed by atoms with Crippen molar-refractivity contribution in [3.05, 3.63) is 70.9 Å². The van der Waals surface area contributed by atoms with Crippen molar-refractivity contribution in [2.24, 2.45) is 0 Å². The summed E-state index contributed by atoms with van der Waals surface area (Å²) in [7, 11) is 0. The first-order valence-electron chi connectivity index (χ1n) is 6.93. The molecule has 3 rings (SSSR count). The number of nitrogens with zero attached hydrogens (tertiary/aromatic N) is 1. The zero-order valence-electron chi connectivity index (χ0n) is 12.1. The fourth-order valence-electron chi connectivity index (χ4n) is 2.72. The summed E-state index contributed by atoms with van der Waals surface area (Å²) in [5.74, 6) is -0.892. The average molecular weight is 279 g/mol. The monoisotopic (exact) mass is 279 g/mol. The Bertz CT molecular complexity index is 810. The van der Waals surface area contributed by atoms with E-state index in [0.717, 1.165) is 17.4 Å². The molecule has 1 heterocycles. The molecule has 0 atom stereocenters. The molecule has 0 unspecified atom stereocenters. The second-order valence-corrected chi connectivity index (χ2v) is 5.39. The number of hydrogen-bond donors (Lipinski definition) is 1. The van der Waals surface area contributed by atoms with Gasteiger partial charge in [-0.2, -0.15) is 0 Å². The van der Waals surface area contributed by atoms with Gasteiger partial charge in [-0.05, 0) is 54.1 Å². The largest absolute Gasteiger partial charge is 0.478 e. The number of carboxylic acid groups (broad SMARTS) is 1. The van der Waals surface area contributed by atoms with E-state index in [1.807, 2.05) is 18.3 Å². The number of aromatic carboxylic acids is 1. The summed E-state index contributed by atoms with van der Waals surface area (Å²) >= 11 is 0. The summed E-state index contributed by atoms with van der Waals surface area (Å²) in [6.07, 6.45) is 2.02. The van der Waals surface area contributed by atoms with Crippen molar-refractivity contribution in [1.82, 2.24) is 4.57 Å². The number of hydrogen-bond acceptors (Lipinski definition) is 1. The number of benzene rings is 2. The highest BCUT2D eigenvalue weighted by molar-refractivity contribution is 5.93. The van der Waals surface area contributed by atoms with Gasteiger partial charge in [0, 0.05) is 18.3 Å². The van der Waals surface area contributed by atoms with Crippen LogP contribution in [-0.2, 0) is 6.54 Å². The minimum Gasteiger partial charge on any atom is -0.478 e. The van der Waals surface area contributed by atoms with Gasteiger partial charge < -0.3 is 9.67 Å². The molecule has 1 aromatic heterocycles. The number of aromatic nitrogens is 1. The van der Waals surface area contributed by atoms with Crippen molar-refractivity contribution in [1.29, 1.82) is 0 Å². The van der Waals surface area contributed by atoms with E-state index < -0.39 is 5.97 Å². The highest BCUT2D eigenvalue weighted by Gasteiger charge is 2.09. The smallest absolute Gasteiger partial charge is 0.335 e. The van der Waals surface area contributed by atoms with Crippen LogP contribution in [0.2, 0.25) is 0 Å². The van der Waals surface area contributed by atoms with Gasteiger partial charge in [0.2, 0.25) is 0 Å². The maximum atomic E-state index is 11.1. The number of aryl methyl sites for hydroxylation is 2. The SMILES string of the molecule is Cc1cccc(C)c1Cn1ccc2ccc(C(=O)O)cc21. The number of rotatable bonds is 3. The van der Waals surface area contributed by atoms with Crippen LogP contribution in [0.4, 0.5) is 0 Å². The zero-order chi connectivity index (χ0) is 15.0. The van der Waals surface area contributed by atoms with Crippen LogP contribution in [0.25, 0.3) is 10.9 Å². The van der Waals surface area contributed by atoms with E-state index >= 15 is 0 Å². The Labute approximate surface area is 123 Å². The second-order valence-electron chi connectivity index (χ2n) is 5.39. The van der Waals surface area contributed by atoms with E-state index in [1.54, 1.807) is 12.1 Å². The van der Waals surface area contributed by atoms with E-state index in [0.29, 0.717) is 5.56 Å². The van der Waals surface area contributed by atoms with Crippen LogP contribution in [0, 0.1) is 13.8 Å². The van der Waals surface area contributed by atoms with Crippen molar-refractivity contribution in [3.8, 4) is 0 Å². The van der Waals surface area contributed by atoms with Gasteiger partial charge in [-0.25, -0.2) is 4.79 Å². The third-order valence-electron chi connectivity index (χ3n) is 3.99. The molecular weight excluding hydrogens is 262 g/mol. The van der Waals surface area contributed by atoms with Crippen LogP contribution >= 0.6 is 0 Å². The maximum Gasteiger partial charge on any atom is 0.335 e. The fourth-order valence-corrected chi connectivity index (χ4v) is 2.72. The Morgan fingerprint density at radius 1 is 1.10 bits per heavy atom. The van der Waals surface area contributed by atoms with Crippen molar-refractivity contribution in [3.63, 3.8) is 0 Å². The summed E-state index contributed by atoms with van der Waals surface area (Å²) < 4.78 is 2.11. The first-order valence-corrected chi connectivity index (χ1v) is 6.93. The lowest BCUT2D eigenvalue weighted by Gasteiger charge is -2.12. The first kappa shape index (κ1) is 13.4. The van der Waals surface area contributed by atoms with Crippen LogP contribution in [0.5, 0.6) is 0 Å². The standard InChI is InChI=1S/C18H17NO2/c1-12-4-3-5-13(2)16(12)11-19-9-8-14-6-7-15(18(20)21)10-17(14)19/h3-10H,11H2,1-2H3,(H,20,21). The van der Waals surface area contributed by atoms with Crippen LogP contribution in [0.15, 0.2) is 48.7 Å². The molecule has 21 heavy (non-hydrogen) atoms. The van der Waals surface area contributed by atoms with E-state index in [-0.39, 0.29) is 0 Å². The lowest BCUT2D eigenvalue weighted by Crippen LogP contribution is -2.03. The Balaban J connectivity index is 2.08. The molecule has 3 nitrogen and oxygen atoms in total. The van der Waals surface area contributed by atoms with Gasteiger partial charge >= 0.3 is 5.97 Å². The summed E-state index contributed by atoms with van der Waals surface area (Å²) in [6, 6.07) is 13.5. The number of carboxylic acids is 1. The van der Waals surface area contributed by atoms with Crippen LogP contribution in [0.1, 0.15) is 27.0 Å². The maximum absolute atomic E-state index is 11.1. The zero-order valence-corrected chi connectivity index (χ0v) is 12.1. The van der Waals surface area contributed by atoms with Crippen molar-refractivity contribution in [2.45, 2.75) is 20.4 Å². The van der Waals surface area contributed by atoms with Gasteiger partial charge in [-0.3, -0.25) is 0 Å². The van der Waals surface area contributed by atoms with E-state index in [4.69, 9.17) is 5.11 Å². The highest BCUT2D eigenvalue weighted by Crippen LogP contribution is 2.21. The summed E-state index contributed by atoms with van der Waals surface area (Å²) in [6.45, 7) is 4.97. The van der Waals surface area contributed by atoms with Gasteiger partial charge in [-0.1, -0.05) is 24.3 Å². The third kappa shape index (κ3) is 2.42. The fraction of sp³-hybridized carbons (Fsp3) is 0.167. The molecule has 0 aliphatic rings. The van der Waals surface area contributed by atoms with Crippen LogP contribution in [0.3, 0.4) is 0 Å². The van der Waals surface area contributed by atoms with E-state index in [9.17, 15) is 4.79 Å². The molecule has 3 aromatic rings. The van der Waals surface area contributed by atoms with Crippen LogP contribution in [-0.4, -0.2) is 15.6 Å². The van der Waals surface area contributed by atoms with Crippen LogP contribution < -0.4 is 0 Å². The van der Waals surface area contributed by atoms with E-state index in [1.165, 1.54) is 16.7 Å². The van der Waals surface area contributed by atoms with Crippen molar-refractivity contribution >= 4 is 16.9 Å². The first-order chi connectivity index (χ1) is 10.1. The van der Waals surface area contributed by atoms with Gasteiger partial charge in [-0.15, -0.1) is 0 Å². The minimum absolute atomic E-state index is 0.323. The van der Waals surface area contributed by atoms with Crippen molar-refractivity contribution in [2.75, 3.05) is 0 Å². The van der Waals surface area contributed by atoms with Gasteiger partial charge in [0.25, 0.3) is 0 Å². The molecule has 0 saturated heterocycles. The molecule has 0 amide bonds. The average Bonchev–Trinajstić information content (AvgIpc) is 2.85. The predicted molar refractivity (Wildman–Crippen MR) is 83.9 cm³/mol. The quantitative estimate of drug-likeness (QED) is 0.787. The molecule has 0 radical (unpaired) electrons. The molecule has 0 aliphatic carbocycles. The Morgan fingerprint density at radius 3 is 2.48 bits per heavy atom. The minimum atomic E-state index is -0.892. The lowest BCUT2D eigenvalue weighted by molar-refractivity contribution is 0.0697. The van der Waals surface area contributed by atoms with Gasteiger partial charge in [0.05, 0.1) is 5.56 Å². The Kier molecular flexibility index (Phi) is 3.26. The summed E-state index contributed by atoms with van der Waals surface area (Å²) in [5, 5.41) is 10.2. The summed E-state index contributed by atoms with van der Waals surface area (Å²) in [5.41, 5.74) is 5.08. The van der Waals surface area contributed by atoms with E-state index in [2.05, 4.69) is 36.6 Å². The third-order valence-corrected chi connectivity index (χ3v) is 3.99. The highest BCUT2D eigenvalue weighted by atomic mass is 16.4. The molecule has 0 saturated carbocycles. The molecule has 3 heteroatoms. The molecular formula is C18H17NO2. The molecule has 0 fully saturated rings. The molecule has 0 bridgehead atoms. The second kappa shape index (κ2) is 5.09. The molecule has 2 aromatic carbocycles.